The Morgan fingerprint density at radius 1 is 0.730 bits per heavy atom. The average molecular weight is 504 g/mol. The predicted octanol–water partition coefficient (Wildman–Crippen LogP) is 7.54. The maximum absolute atomic E-state index is 12.6. The number of anilines is 1. The maximum atomic E-state index is 12.6. The number of benzene rings is 3. The summed E-state index contributed by atoms with van der Waals surface area (Å²) in [6, 6.07) is 20.7. The molecule has 0 saturated carbocycles. The molecule has 0 heterocycles. The van der Waals surface area contributed by atoms with Crippen LogP contribution in [0.1, 0.15) is 73.6 Å². The van der Waals surface area contributed by atoms with Crippen LogP contribution in [0.5, 0.6) is 17.2 Å². The molecule has 0 fully saturated rings. The zero-order valence-electron chi connectivity index (χ0n) is 22.0. The largest absolute Gasteiger partial charge is 0.494 e. The maximum Gasteiger partial charge on any atom is 0.343 e. The number of esters is 1. The van der Waals surface area contributed by atoms with Crippen LogP contribution in [0, 0.1) is 5.92 Å². The van der Waals surface area contributed by atoms with Crippen molar-refractivity contribution in [1.82, 2.24) is 0 Å². The molecular weight excluding hydrogens is 466 g/mol. The monoisotopic (exact) mass is 503 g/mol. The number of rotatable bonds is 14. The van der Waals surface area contributed by atoms with E-state index in [0.717, 1.165) is 30.8 Å². The number of nitrogens with one attached hydrogen (secondary N) is 1. The molecule has 0 aliphatic heterocycles. The SMILES string of the molecule is CCCCCCOc1ccc(C(=O)Oc2ccc(C(=O)Nc3ccc(OCC(C)CC)cc3)cc2)cc1. The van der Waals surface area contributed by atoms with E-state index >= 15 is 0 Å². The second kappa shape index (κ2) is 14.7. The highest BCUT2D eigenvalue weighted by Crippen LogP contribution is 2.20. The first-order valence-electron chi connectivity index (χ1n) is 13.1. The number of carbonyl (C=O) groups is 2. The molecule has 0 saturated heterocycles. The number of carbonyl (C=O) groups excluding carboxylic acids is 2. The summed E-state index contributed by atoms with van der Waals surface area (Å²) in [5.74, 6) is 1.64. The van der Waals surface area contributed by atoms with Crippen molar-refractivity contribution in [2.75, 3.05) is 18.5 Å². The molecule has 196 valence electrons. The van der Waals surface area contributed by atoms with Gasteiger partial charge in [0.25, 0.3) is 5.91 Å². The highest BCUT2D eigenvalue weighted by Gasteiger charge is 2.11. The Morgan fingerprint density at radius 3 is 1.97 bits per heavy atom. The van der Waals surface area contributed by atoms with Crippen LogP contribution < -0.4 is 19.5 Å². The summed E-state index contributed by atoms with van der Waals surface area (Å²) in [5.41, 5.74) is 1.55. The summed E-state index contributed by atoms with van der Waals surface area (Å²) in [4.78, 5) is 25.1. The van der Waals surface area contributed by atoms with Gasteiger partial charge in [-0.2, -0.15) is 0 Å². The van der Waals surface area contributed by atoms with Crippen LogP contribution in [0.4, 0.5) is 5.69 Å². The lowest BCUT2D eigenvalue weighted by Crippen LogP contribution is -2.12. The molecule has 1 N–H and O–H groups in total. The molecule has 1 unspecified atom stereocenters. The lowest BCUT2D eigenvalue weighted by molar-refractivity contribution is 0.0734. The van der Waals surface area contributed by atoms with E-state index in [0.29, 0.717) is 41.7 Å². The second-order valence-corrected chi connectivity index (χ2v) is 9.15. The Hall–Kier alpha value is -3.80. The predicted molar refractivity (Wildman–Crippen MR) is 147 cm³/mol. The van der Waals surface area contributed by atoms with Gasteiger partial charge < -0.3 is 19.5 Å². The third-order valence-electron chi connectivity index (χ3n) is 6.03. The molecule has 3 aromatic carbocycles. The van der Waals surface area contributed by atoms with Gasteiger partial charge in [0, 0.05) is 11.3 Å². The van der Waals surface area contributed by atoms with Gasteiger partial charge in [-0.05, 0) is 85.1 Å². The zero-order valence-corrected chi connectivity index (χ0v) is 22.0. The molecule has 6 nitrogen and oxygen atoms in total. The van der Waals surface area contributed by atoms with Gasteiger partial charge in [0.1, 0.15) is 17.2 Å². The fourth-order valence-electron chi connectivity index (χ4n) is 3.44. The van der Waals surface area contributed by atoms with Gasteiger partial charge in [0.2, 0.25) is 0 Å². The number of hydrogen-bond acceptors (Lipinski definition) is 5. The Balaban J connectivity index is 1.47. The van der Waals surface area contributed by atoms with E-state index in [4.69, 9.17) is 14.2 Å². The summed E-state index contributed by atoms with van der Waals surface area (Å²) in [5, 5.41) is 2.86. The van der Waals surface area contributed by atoms with Crippen LogP contribution in [0.3, 0.4) is 0 Å². The Kier molecular flexibility index (Phi) is 11.0. The van der Waals surface area contributed by atoms with E-state index in [1.807, 2.05) is 24.3 Å². The van der Waals surface area contributed by atoms with Crippen molar-refractivity contribution in [2.24, 2.45) is 5.92 Å². The first-order chi connectivity index (χ1) is 18.0. The lowest BCUT2D eigenvalue weighted by Gasteiger charge is -2.12. The van der Waals surface area contributed by atoms with Crippen LogP contribution in [-0.4, -0.2) is 25.1 Å². The van der Waals surface area contributed by atoms with Crippen molar-refractivity contribution in [3.8, 4) is 17.2 Å². The van der Waals surface area contributed by atoms with Crippen molar-refractivity contribution < 1.29 is 23.8 Å². The minimum Gasteiger partial charge on any atom is -0.494 e. The topological polar surface area (TPSA) is 73.9 Å². The van der Waals surface area contributed by atoms with E-state index in [1.54, 1.807) is 48.5 Å². The number of ether oxygens (including phenoxy) is 3. The smallest absolute Gasteiger partial charge is 0.343 e. The van der Waals surface area contributed by atoms with Gasteiger partial charge >= 0.3 is 5.97 Å². The van der Waals surface area contributed by atoms with Crippen molar-refractivity contribution >= 4 is 17.6 Å². The lowest BCUT2D eigenvalue weighted by atomic mass is 10.1. The highest BCUT2D eigenvalue weighted by molar-refractivity contribution is 6.04. The summed E-state index contributed by atoms with van der Waals surface area (Å²) in [6.07, 6.45) is 5.64. The van der Waals surface area contributed by atoms with Gasteiger partial charge in [-0.15, -0.1) is 0 Å². The van der Waals surface area contributed by atoms with Crippen LogP contribution in [-0.2, 0) is 0 Å². The van der Waals surface area contributed by atoms with Crippen molar-refractivity contribution in [3.05, 3.63) is 83.9 Å². The van der Waals surface area contributed by atoms with E-state index in [-0.39, 0.29) is 5.91 Å². The Labute approximate surface area is 220 Å². The van der Waals surface area contributed by atoms with Crippen LogP contribution in [0.2, 0.25) is 0 Å². The van der Waals surface area contributed by atoms with Crippen LogP contribution >= 0.6 is 0 Å². The molecule has 0 spiro atoms. The minimum atomic E-state index is -0.470. The van der Waals surface area contributed by atoms with Crippen LogP contribution in [0.15, 0.2) is 72.8 Å². The number of hydrogen-bond donors (Lipinski definition) is 1. The van der Waals surface area contributed by atoms with Crippen molar-refractivity contribution in [1.29, 1.82) is 0 Å². The first-order valence-corrected chi connectivity index (χ1v) is 13.1. The quantitative estimate of drug-likeness (QED) is 0.140. The van der Waals surface area contributed by atoms with Gasteiger partial charge in [0.05, 0.1) is 18.8 Å². The third kappa shape index (κ3) is 9.30. The van der Waals surface area contributed by atoms with E-state index in [9.17, 15) is 9.59 Å². The molecule has 3 rings (SSSR count). The number of unbranched alkanes of at least 4 members (excludes halogenated alkanes) is 3. The van der Waals surface area contributed by atoms with E-state index in [2.05, 4.69) is 26.1 Å². The summed E-state index contributed by atoms with van der Waals surface area (Å²) < 4.78 is 16.9. The standard InChI is InChI=1S/C31H37NO5/c1-4-6-7-8-21-35-27-15-11-25(12-16-27)31(34)37-29-17-9-24(10-18-29)30(33)32-26-13-19-28(20-14-26)36-22-23(3)5-2/h9-20,23H,4-8,21-22H2,1-3H3,(H,32,33). The average Bonchev–Trinajstić information content (AvgIpc) is 2.93. The summed E-state index contributed by atoms with van der Waals surface area (Å²) in [7, 11) is 0. The zero-order chi connectivity index (χ0) is 26.5. The number of amides is 1. The van der Waals surface area contributed by atoms with Gasteiger partial charge in [-0.25, -0.2) is 4.79 Å². The van der Waals surface area contributed by atoms with E-state index in [1.165, 1.54) is 12.8 Å². The fourth-order valence-corrected chi connectivity index (χ4v) is 3.44. The second-order valence-electron chi connectivity index (χ2n) is 9.15. The highest BCUT2D eigenvalue weighted by atomic mass is 16.5. The molecule has 0 aromatic heterocycles. The molecule has 6 heteroatoms. The fraction of sp³-hybridized carbons (Fsp3) is 0.355. The minimum absolute atomic E-state index is 0.253. The molecule has 0 radical (unpaired) electrons. The van der Waals surface area contributed by atoms with E-state index < -0.39 is 5.97 Å². The van der Waals surface area contributed by atoms with Crippen molar-refractivity contribution in [3.63, 3.8) is 0 Å². The van der Waals surface area contributed by atoms with Gasteiger partial charge in [-0.1, -0.05) is 46.5 Å². The Bertz CT molecular complexity index is 1110. The summed E-state index contributed by atoms with van der Waals surface area (Å²) >= 11 is 0. The Morgan fingerprint density at radius 2 is 1.32 bits per heavy atom. The first kappa shape index (κ1) is 27.8. The third-order valence-corrected chi connectivity index (χ3v) is 6.03. The molecule has 37 heavy (non-hydrogen) atoms. The molecule has 0 aliphatic rings. The normalized spacial score (nSPS) is 11.4. The molecule has 1 atom stereocenters. The molecule has 0 aliphatic carbocycles. The summed E-state index contributed by atoms with van der Waals surface area (Å²) in [6.45, 7) is 7.79. The van der Waals surface area contributed by atoms with Crippen molar-refractivity contribution in [2.45, 2.75) is 52.9 Å². The molecule has 3 aromatic rings. The molecular formula is C31H37NO5. The van der Waals surface area contributed by atoms with Crippen LogP contribution in [0.25, 0.3) is 0 Å². The molecule has 0 bridgehead atoms. The van der Waals surface area contributed by atoms with Gasteiger partial charge in [0.15, 0.2) is 0 Å². The molecule has 1 amide bonds. The van der Waals surface area contributed by atoms with Gasteiger partial charge in [-0.3, -0.25) is 4.79 Å².